The summed E-state index contributed by atoms with van der Waals surface area (Å²) in [5.74, 6) is 0.00447. The Kier molecular flexibility index (Phi) is 6.39. The van der Waals surface area contributed by atoms with Crippen molar-refractivity contribution in [2.24, 2.45) is 0 Å². The molecule has 0 radical (unpaired) electrons. The lowest BCUT2D eigenvalue weighted by atomic mass is 9.98. The lowest BCUT2D eigenvalue weighted by Crippen LogP contribution is -2.40. The number of aromatic nitrogens is 1. The number of amides is 3. The number of piperidine rings is 1. The molecule has 0 spiro atoms. The van der Waals surface area contributed by atoms with E-state index in [1.807, 2.05) is 5.38 Å². The van der Waals surface area contributed by atoms with Crippen LogP contribution in [0.5, 0.6) is 0 Å². The molecule has 27 heavy (non-hydrogen) atoms. The highest BCUT2D eigenvalue weighted by Gasteiger charge is 2.25. The second kappa shape index (κ2) is 8.94. The maximum atomic E-state index is 12.9. The molecule has 1 aliphatic rings. The van der Waals surface area contributed by atoms with Gasteiger partial charge in [0.05, 0.1) is 10.7 Å². The van der Waals surface area contributed by atoms with Gasteiger partial charge in [-0.05, 0) is 37.1 Å². The number of carbonyl (C=O) groups excluding carboxylic acids is 2. The van der Waals surface area contributed by atoms with E-state index in [4.69, 9.17) is 0 Å². The molecule has 6 nitrogen and oxygen atoms in total. The van der Waals surface area contributed by atoms with Gasteiger partial charge in [-0.25, -0.2) is 14.2 Å². The third-order valence-corrected chi connectivity index (χ3v) is 5.61. The maximum absolute atomic E-state index is 12.9. The molecular weight excluding hydrogens is 367 g/mol. The number of anilines is 1. The van der Waals surface area contributed by atoms with Crippen LogP contribution in [0.2, 0.25) is 0 Å². The molecule has 2 aromatic rings. The molecule has 1 saturated heterocycles. The minimum atomic E-state index is -0.325. The van der Waals surface area contributed by atoms with Gasteiger partial charge in [0.25, 0.3) is 0 Å². The van der Waals surface area contributed by atoms with Crippen molar-refractivity contribution >= 4 is 29.0 Å². The van der Waals surface area contributed by atoms with E-state index < -0.39 is 0 Å². The van der Waals surface area contributed by atoms with Crippen molar-refractivity contribution in [2.45, 2.75) is 32.1 Å². The predicted molar refractivity (Wildman–Crippen MR) is 103 cm³/mol. The summed E-state index contributed by atoms with van der Waals surface area (Å²) in [5.41, 5.74) is 1.59. The Labute approximate surface area is 161 Å². The van der Waals surface area contributed by atoms with Crippen molar-refractivity contribution < 1.29 is 14.0 Å². The highest BCUT2D eigenvalue weighted by Crippen LogP contribution is 2.30. The summed E-state index contributed by atoms with van der Waals surface area (Å²) in [5, 5.41) is 8.73. The zero-order valence-electron chi connectivity index (χ0n) is 15.2. The molecule has 1 aromatic heterocycles. The summed E-state index contributed by atoms with van der Waals surface area (Å²) in [6.07, 6.45) is 2.47. The molecule has 0 aliphatic carbocycles. The van der Waals surface area contributed by atoms with Crippen LogP contribution in [-0.2, 0) is 11.2 Å². The van der Waals surface area contributed by atoms with Gasteiger partial charge in [-0.2, -0.15) is 0 Å². The molecule has 1 aliphatic heterocycles. The van der Waals surface area contributed by atoms with Gasteiger partial charge in [0.2, 0.25) is 5.91 Å². The Morgan fingerprint density at radius 1 is 1.26 bits per heavy atom. The Balaban J connectivity index is 1.47. The number of urea groups is 1. The van der Waals surface area contributed by atoms with Crippen molar-refractivity contribution in [2.75, 3.05) is 25.0 Å². The molecule has 2 N–H and O–H groups in total. The fraction of sp³-hybridized carbons (Fsp3) is 0.421. The quantitative estimate of drug-likeness (QED) is 0.822. The highest BCUT2D eigenvalue weighted by atomic mass is 32.1. The van der Waals surface area contributed by atoms with E-state index in [0.29, 0.717) is 31.2 Å². The normalized spacial score (nSPS) is 14.8. The highest BCUT2D eigenvalue weighted by molar-refractivity contribution is 7.09. The Bertz CT molecular complexity index is 785. The molecule has 0 bridgehead atoms. The zero-order valence-corrected chi connectivity index (χ0v) is 16.0. The van der Waals surface area contributed by atoms with Crippen LogP contribution in [0.1, 0.15) is 36.4 Å². The van der Waals surface area contributed by atoms with Gasteiger partial charge in [0, 0.05) is 50.0 Å². The summed E-state index contributed by atoms with van der Waals surface area (Å²) in [6, 6.07) is 5.60. The summed E-state index contributed by atoms with van der Waals surface area (Å²) in [6.45, 7) is 3.43. The average molecular weight is 390 g/mol. The fourth-order valence-electron chi connectivity index (χ4n) is 3.06. The number of nitrogens with zero attached hydrogens (tertiary/aromatic N) is 2. The molecule has 0 unspecified atom stereocenters. The number of nitrogens with one attached hydrogen (secondary N) is 2. The zero-order chi connectivity index (χ0) is 19.2. The largest absolute Gasteiger partial charge is 0.356 e. The van der Waals surface area contributed by atoms with E-state index in [9.17, 15) is 14.0 Å². The van der Waals surface area contributed by atoms with E-state index in [-0.39, 0.29) is 17.8 Å². The summed E-state index contributed by atoms with van der Waals surface area (Å²) in [4.78, 5) is 29.7. The number of carbonyl (C=O) groups is 2. The number of halogens is 1. The lowest BCUT2D eigenvalue weighted by molar-refractivity contribution is -0.118. The molecule has 3 rings (SSSR count). The van der Waals surface area contributed by atoms with Gasteiger partial charge in [0.1, 0.15) is 5.82 Å². The fourth-order valence-corrected chi connectivity index (χ4v) is 4.08. The van der Waals surface area contributed by atoms with Gasteiger partial charge in [-0.15, -0.1) is 11.3 Å². The Morgan fingerprint density at radius 2 is 1.96 bits per heavy atom. The third-order valence-electron chi connectivity index (χ3n) is 4.55. The second-order valence-electron chi connectivity index (χ2n) is 6.61. The van der Waals surface area contributed by atoms with Crippen molar-refractivity contribution in [1.29, 1.82) is 0 Å². The Hall–Kier alpha value is -2.48. The van der Waals surface area contributed by atoms with Gasteiger partial charge in [0.15, 0.2) is 0 Å². The molecular formula is C19H23FN4O2S. The smallest absolute Gasteiger partial charge is 0.321 e. The summed E-state index contributed by atoms with van der Waals surface area (Å²) in [7, 11) is 0. The van der Waals surface area contributed by atoms with Crippen LogP contribution in [0.25, 0.3) is 0 Å². The molecule has 0 saturated carbocycles. The van der Waals surface area contributed by atoms with E-state index in [2.05, 4.69) is 15.6 Å². The molecule has 1 fully saturated rings. The van der Waals surface area contributed by atoms with Crippen LogP contribution in [-0.4, -0.2) is 41.5 Å². The number of rotatable bonds is 5. The first kappa shape index (κ1) is 19.3. The average Bonchev–Trinajstić information content (AvgIpc) is 3.12. The van der Waals surface area contributed by atoms with Crippen LogP contribution >= 0.6 is 11.3 Å². The van der Waals surface area contributed by atoms with Crippen molar-refractivity contribution in [3.05, 3.63) is 46.2 Å². The minimum absolute atomic E-state index is 0.0308. The van der Waals surface area contributed by atoms with Crippen molar-refractivity contribution in [3.63, 3.8) is 0 Å². The Morgan fingerprint density at radius 3 is 2.63 bits per heavy atom. The van der Waals surface area contributed by atoms with Crippen molar-refractivity contribution in [1.82, 2.24) is 15.2 Å². The number of hydrogen-bond acceptors (Lipinski definition) is 4. The minimum Gasteiger partial charge on any atom is -0.356 e. The standard InChI is InChI=1S/C19H23FN4O2S/c1-13(25)21-9-6-17-12-27-18(22-17)14-7-10-24(11-8-14)19(26)23-16-4-2-15(20)3-5-16/h2-5,12,14H,6-11H2,1H3,(H,21,25)(H,23,26). The predicted octanol–water partition coefficient (Wildman–Crippen LogP) is 3.37. The first-order valence-electron chi connectivity index (χ1n) is 9.01. The van der Waals surface area contributed by atoms with E-state index >= 15 is 0 Å². The summed E-state index contributed by atoms with van der Waals surface area (Å²) < 4.78 is 12.9. The monoisotopic (exact) mass is 390 g/mol. The molecule has 8 heteroatoms. The van der Waals surface area contributed by atoms with Crippen molar-refractivity contribution in [3.8, 4) is 0 Å². The molecule has 144 valence electrons. The molecule has 1 aromatic carbocycles. The number of hydrogen-bond donors (Lipinski definition) is 2. The van der Waals surface area contributed by atoms with Gasteiger partial charge < -0.3 is 15.5 Å². The molecule has 0 atom stereocenters. The van der Waals surface area contributed by atoms with E-state index in [1.54, 1.807) is 28.4 Å². The number of likely N-dealkylation sites (tertiary alicyclic amines) is 1. The van der Waals surface area contributed by atoms with Crippen LogP contribution in [0.3, 0.4) is 0 Å². The number of benzene rings is 1. The van der Waals surface area contributed by atoms with Crippen LogP contribution in [0.4, 0.5) is 14.9 Å². The maximum Gasteiger partial charge on any atom is 0.321 e. The second-order valence-corrected chi connectivity index (χ2v) is 7.50. The first-order valence-corrected chi connectivity index (χ1v) is 9.89. The van der Waals surface area contributed by atoms with Crippen LogP contribution in [0.15, 0.2) is 29.6 Å². The molecule has 2 heterocycles. The lowest BCUT2D eigenvalue weighted by Gasteiger charge is -2.31. The molecule has 3 amide bonds. The SMILES string of the molecule is CC(=O)NCCc1csc(C2CCN(C(=O)Nc3ccc(F)cc3)CC2)n1. The van der Waals surface area contributed by atoms with Crippen LogP contribution in [0, 0.1) is 5.82 Å². The summed E-state index contributed by atoms with van der Waals surface area (Å²) >= 11 is 1.65. The van der Waals surface area contributed by atoms with E-state index in [0.717, 1.165) is 30.0 Å². The van der Waals surface area contributed by atoms with Gasteiger partial charge >= 0.3 is 6.03 Å². The topological polar surface area (TPSA) is 74.3 Å². The first-order chi connectivity index (χ1) is 13.0. The van der Waals surface area contributed by atoms with Gasteiger partial charge in [-0.1, -0.05) is 0 Å². The number of thiazole rings is 1. The van der Waals surface area contributed by atoms with Crippen LogP contribution < -0.4 is 10.6 Å². The van der Waals surface area contributed by atoms with Gasteiger partial charge in [-0.3, -0.25) is 4.79 Å². The van der Waals surface area contributed by atoms with E-state index in [1.165, 1.54) is 19.1 Å². The third kappa shape index (κ3) is 5.50.